The van der Waals surface area contributed by atoms with Crippen molar-refractivity contribution in [1.82, 2.24) is 4.90 Å². The molecule has 6 heteroatoms. The molecule has 6 nitrogen and oxygen atoms in total. The molecule has 1 amide bonds. The lowest BCUT2D eigenvalue weighted by Crippen LogP contribution is -2.36. The lowest BCUT2D eigenvalue weighted by molar-refractivity contribution is -0.384. The molecule has 2 aliphatic rings. The van der Waals surface area contributed by atoms with Crippen LogP contribution in [0.3, 0.4) is 0 Å². The molecule has 0 aromatic heterocycles. The van der Waals surface area contributed by atoms with Crippen LogP contribution in [0.1, 0.15) is 55.8 Å². The van der Waals surface area contributed by atoms with Gasteiger partial charge in [-0.2, -0.15) is 0 Å². The van der Waals surface area contributed by atoms with Gasteiger partial charge in [0.2, 0.25) is 0 Å². The third-order valence-corrected chi connectivity index (χ3v) is 5.90. The fourth-order valence-electron chi connectivity index (χ4n) is 4.20. The number of carbonyl (C=O) groups is 1. The van der Waals surface area contributed by atoms with E-state index in [0.29, 0.717) is 17.4 Å². The van der Waals surface area contributed by atoms with Crippen LogP contribution < -0.4 is 4.90 Å². The minimum atomic E-state index is -0.421. The van der Waals surface area contributed by atoms with Crippen LogP contribution in [-0.4, -0.2) is 42.4 Å². The molecule has 0 spiro atoms. The molecule has 1 saturated heterocycles. The van der Waals surface area contributed by atoms with Crippen LogP contribution in [-0.2, 0) is 0 Å². The van der Waals surface area contributed by atoms with Crippen molar-refractivity contribution in [2.45, 2.75) is 45.4 Å². The summed E-state index contributed by atoms with van der Waals surface area (Å²) >= 11 is 0. The van der Waals surface area contributed by atoms with Gasteiger partial charge in [0.05, 0.1) is 16.2 Å². The summed E-state index contributed by atoms with van der Waals surface area (Å²) in [6.07, 6.45) is 6.99. The Morgan fingerprint density at radius 2 is 1.88 bits per heavy atom. The van der Waals surface area contributed by atoms with Crippen LogP contribution >= 0.6 is 0 Å². The van der Waals surface area contributed by atoms with Crippen LogP contribution in [0.4, 0.5) is 11.4 Å². The number of rotatable bonds is 5. The van der Waals surface area contributed by atoms with E-state index in [9.17, 15) is 14.9 Å². The van der Waals surface area contributed by atoms with Gasteiger partial charge in [0.15, 0.2) is 0 Å². The first-order valence-electron chi connectivity index (χ1n) is 9.74. The molecule has 0 N–H and O–H groups in total. The summed E-state index contributed by atoms with van der Waals surface area (Å²) in [7, 11) is 1.82. The number of carbonyl (C=O) groups excluding carboxylic acids is 1. The maximum absolute atomic E-state index is 13.1. The Morgan fingerprint density at radius 3 is 2.50 bits per heavy atom. The number of piperidine rings is 1. The second kappa shape index (κ2) is 8.06. The van der Waals surface area contributed by atoms with Gasteiger partial charge < -0.3 is 9.80 Å². The molecule has 1 aromatic carbocycles. The molecule has 26 heavy (non-hydrogen) atoms. The van der Waals surface area contributed by atoms with E-state index in [2.05, 4.69) is 11.8 Å². The zero-order valence-electron chi connectivity index (χ0n) is 15.8. The number of benzene rings is 1. The molecule has 1 heterocycles. The van der Waals surface area contributed by atoms with Crippen molar-refractivity contribution in [2.75, 3.05) is 31.6 Å². The number of hydrogen-bond donors (Lipinski definition) is 0. The predicted molar refractivity (Wildman–Crippen MR) is 103 cm³/mol. The maximum atomic E-state index is 13.1. The summed E-state index contributed by atoms with van der Waals surface area (Å²) in [6.45, 7) is 4.77. The highest BCUT2D eigenvalue weighted by Crippen LogP contribution is 2.31. The zero-order chi connectivity index (χ0) is 18.7. The smallest absolute Gasteiger partial charge is 0.270 e. The average Bonchev–Trinajstić information content (AvgIpc) is 3.14. The number of anilines is 1. The Morgan fingerprint density at radius 1 is 1.23 bits per heavy atom. The van der Waals surface area contributed by atoms with Gasteiger partial charge in [-0.25, -0.2) is 0 Å². The van der Waals surface area contributed by atoms with Crippen molar-refractivity contribution in [3.63, 3.8) is 0 Å². The molecule has 2 fully saturated rings. The summed E-state index contributed by atoms with van der Waals surface area (Å²) in [5, 5.41) is 11.2. The van der Waals surface area contributed by atoms with E-state index >= 15 is 0 Å². The SMILES string of the molecule is CC1CCN(c2ccc([N+](=O)[O-])cc2C(=O)N(C)CC2CCCC2)CC1. The summed E-state index contributed by atoms with van der Waals surface area (Å²) in [5.41, 5.74) is 1.29. The van der Waals surface area contributed by atoms with Gasteiger partial charge in [0, 0.05) is 38.8 Å². The van der Waals surface area contributed by atoms with Crippen molar-refractivity contribution in [1.29, 1.82) is 0 Å². The molecule has 0 radical (unpaired) electrons. The van der Waals surface area contributed by atoms with Gasteiger partial charge in [0.25, 0.3) is 11.6 Å². The van der Waals surface area contributed by atoms with Gasteiger partial charge in [-0.15, -0.1) is 0 Å². The summed E-state index contributed by atoms with van der Waals surface area (Å²) in [6, 6.07) is 4.73. The molecule has 1 aliphatic carbocycles. The van der Waals surface area contributed by atoms with E-state index in [1.165, 1.54) is 37.8 Å². The number of nitro benzene ring substituents is 1. The molecule has 0 bridgehead atoms. The van der Waals surface area contributed by atoms with Gasteiger partial charge in [-0.05, 0) is 43.6 Å². The lowest BCUT2D eigenvalue weighted by atomic mass is 9.97. The first kappa shape index (κ1) is 18.7. The Balaban J connectivity index is 1.85. The molecular weight excluding hydrogens is 330 g/mol. The summed E-state index contributed by atoms with van der Waals surface area (Å²) < 4.78 is 0. The maximum Gasteiger partial charge on any atom is 0.270 e. The van der Waals surface area contributed by atoms with Gasteiger partial charge in [0.1, 0.15) is 0 Å². The van der Waals surface area contributed by atoms with E-state index in [4.69, 9.17) is 0 Å². The quantitative estimate of drug-likeness (QED) is 0.586. The van der Waals surface area contributed by atoms with Gasteiger partial charge >= 0.3 is 0 Å². The Bertz CT molecular complexity index is 662. The minimum Gasteiger partial charge on any atom is -0.371 e. The minimum absolute atomic E-state index is 0.0169. The largest absolute Gasteiger partial charge is 0.371 e. The van der Waals surface area contributed by atoms with Crippen molar-refractivity contribution in [3.05, 3.63) is 33.9 Å². The van der Waals surface area contributed by atoms with Crippen LogP contribution in [0.2, 0.25) is 0 Å². The number of nitro groups is 1. The van der Waals surface area contributed by atoms with Gasteiger partial charge in [-0.3, -0.25) is 14.9 Å². The van der Waals surface area contributed by atoms with E-state index in [-0.39, 0.29) is 11.6 Å². The van der Waals surface area contributed by atoms with Crippen molar-refractivity contribution >= 4 is 17.3 Å². The highest BCUT2D eigenvalue weighted by Gasteiger charge is 2.26. The van der Waals surface area contributed by atoms with Crippen molar-refractivity contribution in [2.24, 2.45) is 11.8 Å². The third-order valence-electron chi connectivity index (χ3n) is 5.90. The third kappa shape index (κ3) is 4.17. The standard InChI is InChI=1S/C20H29N3O3/c1-15-9-11-22(12-10-15)19-8-7-17(23(25)26)13-18(19)20(24)21(2)14-16-5-3-4-6-16/h7-8,13,15-16H,3-6,9-12,14H2,1-2H3. The molecule has 1 saturated carbocycles. The predicted octanol–water partition coefficient (Wildman–Crippen LogP) is 4.09. The van der Waals surface area contributed by atoms with E-state index in [0.717, 1.165) is 38.2 Å². The fraction of sp³-hybridized carbons (Fsp3) is 0.650. The lowest BCUT2D eigenvalue weighted by Gasteiger charge is -2.34. The first-order chi connectivity index (χ1) is 12.5. The van der Waals surface area contributed by atoms with Crippen molar-refractivity contribution in [3.8, 4) is 0 Å². The molecule has 0 unspecified atom stereocenters. The molecule has 1 aromatic rings. The average molecular weight is 359 g/mol. The highest BCUT2D eigenvalue weighted by molar-refractivity contribution is 6.00. The molecule has 142 valence electrons. The van der Waals surface area contributed by atoms with E-state index in [1.807, 2.05) is 7.05 Å². The Hall–Kier alpha value is -2.11. The number of hydrogen-bond acceptors (Lipinski definition) is 4. The van der Waals surface area contributed by atoms with Crippen LogP contribution in [0, 0.1) is 22.0 Å². The fourth-order valence-corrected chi connectivity index (χ4v) is 4.20. The molecule has 0 atom stereocenters. The summed E-state index contributed by atoms with van der Waals surface area (Å²) in [5.74, 6) is 1.14. The Labute approximate surface area is 155 Å². The normalized spacial score (nSPS) is 18.9. The summed E-state index contributed by atoms with van der Waals surface area (Å²) in [4.78, 5) is 27.9. The first-order valence-corrected chi connectivity index (χ1v) is 9.74. The molecular formula is C20H29N3O3. The number of nitrogens with zero attached hydrogens (tertiary/aromatic N) is 3. The molecule has 1 aliphatic heterocycles. The zero-order valence-corrected chi connectivity index (χ0v) is 15.8. The second-order valence-corrected chi connectivity index (χ2v) is 7.96. The van der Waals surface area contributed by atoms with Crippen LogP contribution in [0.25, 0.3) is 0 Å². The van der Waals surface area contributed by atoms with Crippen LogP contribution in [0.15, 0.2) is 18.2 Å². The Kier molecular flexibility index (Phi) is 5.79. The van der Waals surface area contributed by atoms with Crippen molar-refractivity contribution < 1.29 is 9.72 Å². The topological polar surface area (TPSA) is 66.7 Å². The number of non-ortho nitro benzene ring substituents is 1. The highest BCUT2D eigenvalue weighted by atomic mass is 16.6. The second-order valence-electron chi connectivity index (χ2n) is 7.96. The van der Waals surface area contributed by atoms with E-state index in [1.54, 1.807) is 11.0 Å². The number of amides is 1. The van der Waals surface area contributed by atoms with E-state index < -0.39 is 4.92 Å². The van der Waals surface area contributed by atoms with Gasteiger partial charge in [-0.1, -0.05) is 19.8 Å². The molecule has 3 rings (SSSR count). The van der Waals surface area contributed by atoms with Crippen LogP contribution in [0.5, 0.6) is 0 Å². The monoisotopic (exact) mass is 359 g/mol.